The maximum Gasteiger partial charge on any atom is 0.170 e. The van der Waals surface area contributed by atoms with E-state index in [1.165, 1.54) is 13.8 Å². The van der Waals surface area contributed by atoms with Gasteiger partial charge in [0, 0.05) is 17.5 Å². The fraction of sp³-hybridized carbons (Fsp3) is 0.500. The summed E-state index contributed by atoms with van der Waals surface area (Å²) in [5, 5.41) is 29.4. The van der Waals surface area contributed by atoms with Gasteiger partial charge in [0.05, 0.1) is 0 Å². The highest BCUT2D eigenvalue weighted by molar-refractivity contribution is 6.02. The Morgan fingerprint density at radius 2 is 1.44 bits per heavy atom. The summed E-state index contributed by atoms with van der Waals surface area (Å²) in [6.07, 6.45) is 0.957. The average molecular weight is 252 g/mol. The third kappa shape index (κ3) is 2.58. The third-order valence-electron chi connectivity index (χ3n) is 3.12. The number of carbonyl (C=O) groups excluding carboxylic acids is 1. The van der Waals surface area contributed by atoms with E-state index >= 15 is 0 Å². The van der Waals surface area contributed by atoms with E-state index in [1.54, 1.807) is 0 Å². The van der Waals surface area contributed by atoms with Gasteiger partial charge in [0.15, 0.2) is 5.78 Å². The molecule has 0 aliphatic heterocycles. The molecule has 0 fully saturated rings. The molecule has 18 heavy (non-hydrogen) atoms. The van der Waals surface area contributed by atoms with Crippen molar-refractivity contribution in [2.75, 3.05) is 0 Å². The van der Waals surface area contributed by atoms with Crippen LogP contribution >= 0.6 is 0 Å². The van der Waals surface area contributed by atoms with Crippen LogP contribution in [0.5, 0.6) is 17.2 Å². The number of phenolic OH excluding ortho intramolecular Hbond substituents is 3. The van der Waals surface area contributed by atoms with Gasteiger partial charge in [-0.15, -0.1) is 0 Å². The van der Waals surface area contributed by atoms with E-state index in [0.717, 1.165) is 0 Å². The lowest BCUT2D eigenvalue weighted by atomic mass is 9.95. The monoisotopic (exact) mass is 252 g/mol. The quantitative estimate of drug-likeness (QED) is 0.720. The second kappa shape index (κ2) is 5.29. The van der Waals surface area contributed by atoms with E-state index < -0.39 is 0 Å². The Morgan fingerprint density at radius 1 is 1.00 bits per heavy atom. The van der Waals surface area contributed by atoms with Crippen molar-refractivity contribution in [2.45, 2.75) is 40.5 Å². The van der Waals surface area contributed by atoms with Crippen molar-refractivity contribution in [2.24, 2.45) is 5.92 Å². The van der Waals surface area contributed by atoms with Gasteiger partial charge in [0.25, 0.3) is 0 Å². The number of Topliss-reactive ketones (excluding diaryl/α,β-unsaturated/α-hetero) is 1. The molecule has 1 rings (SSSR count). The number of hydrogen-bond acceptors (Lipinski definition) is 4. The number of rotatable bonds is 4. The van der Waals surface area contributed by atoms with Crippen LogP contribution in [-0.2, 0) is 0 Å². The lowest BCUT2D eigenvalue weighted by molar-refractivity contribution is 0.0969. The van der Waals surface area contributed by atoms with Gasteiger partial charge in [-0.2, -0.15) is 0 Å². The van der Waals surface area contributed by atoms with Gasteiger partial charge in [-0.3, -0.25) is 4.79 Å². The molecule has 0 heterocycles. The van der Waals surface area contributed by atoms with Crippen LogP contribution in [0, 0.1) is 19.8 Å². The van der Waals surface area contributed by atoms with Crippen LogP contribution < -0.4 is 0 Å². The van der Waals surface area contributed by atoms with Crippen LogP contribution in [0.1, 0.15) is 48.2 Å². The summed E-state index contributed by atoms with van der Waals surface area (Å²) < 4.78 is 0. The topological polar surface area (TPSA) is 77.8 Å². The largest absolute Gasteiger partial charge is 0.507 e. The zero-order valence-corrected chi connectivity index (χ0v) is 11.2. The molecule has 1 aromatic rings. The summed E-state index contributed by atoms with van der Waals surface area (Å²) in [5.41, 5.74) is 0.361. The summed E-state index contributed by atoms with van der Waals surface area (Å²) in [5.74, 6) is -0.762. The Labute approximate surface area is 107 Å². The maximum absolute atomic E-state index is 12.0. The summed E-state index contributed by atoms with van der Waals surface area (Å²) in [4.78, 5) is 12.0. The molecule has 4 heteroatoms. The second-order valence-corrected chi connectivity index (χ2v) is 5.03. The number of aromatic hydroxyl groups is 3. The number of benzene rings is 1. The van der Waals surface area contributed by atoms with Crippen molar-refractivity contribution in [1.82, 2.24) is 0 Å². The molecule has 0 atom stereocenters. The number of phenols is 3. The van der Waals surface area contributed by atoms with E-state index in [0.29, 0.717) is 12.3 Å². The predicted molar refractivity (Wildman–Crippen MR) is 69.3 cm³/mol. The molecule has 0 bridgehead atoms. The van der Waals surface area contributed by atoms with Crippen LogP contribution in [0.2, 0.25) is 0 Å². The molecule has 100 valence electrons. The van der Waals surface area contributed by atoms with Gasteiger partial charge in [-0.05, 0) is 26.2 Å². The van der Waals surface area contributed by atoms with E-state index in [1.807, 2.05) is 13.8 Å². The van der Waals surface area contributed by atoms with E-state index in [2.05, 4.69) is 0 Å². The molecule has 4 nitrogen and oxygen atoms in total. The van der Waals surface area contributed by atoms with Crippen LogP contribution in [0.3, 0.4) is 0 Å². The van der Waals surface area contributed by atoms with Gasteiger partial charge < -0.3 is 15.3 Å². The molecule has 0 aliphatic rings. The van der Waals surface area contributed by atoms with Crippen LogP contribution in [0.15, 0.2) is 0 Å². The first kappa shape index (κ1) is 14.4. The first-order chi connectivity index (χ1) is 8.27. The lowest BCUT2D eigenvalue weighted by Gasteiger charge is -2.14. The summed E-state index contributed by atoms with van der Waals surface area (Å²) in [6.45, 7) is 7.02. The zero-order chi connectivity index (χ0) is 14.0. The Bertz CT molecular complexity index is 446. The fourth-order valence-electron chi connectivity index (χ4n) is 1.80. The van der Waals surface area contributed by atoms with Gasteiger partial charge in [0.1, 0.15) is 22.8 Å². The normalized spacial score (nSPS) is 10.9. The number of carbonyl (C=O) groups is 1. The Balaban J connectivity index is 3.21. The number of ketones is 1. The Kier molecular flexibility index (Phi) is 4.22. The van der Waals surface area contributed by atoms with Crippen LogP contribution in [0.25, 0.3) is 0 Å². The fourth-order valence-corrected chi connectivity index (χ4v) is 1.80. The SMILES string of the molecule is Cc1c(O)c(C)c(O)c(C(=O)CCC(C)C)c1O. The smallest absolute Gasteiger partial charge is 0.170 e. The Morgan fingerprint density at radius 3 is 1.83 bits per heavy atom. The molecule has 0 amide bonds. The zero-order valence-electron chi connectivity index (χ0n) is 11.2. The minimum Gasteiger partial charge on any atom is -0.507 e. The minimum absolute atomic E-state index is 0.0801. The molecule has 1 aromatic carbocycles. The molecule has 3 N–H and O–H groups in total. The van der Waals surface area contributed by atoms with Gasteiger partial charge in [0.2, 0.25) is 0 Å². The highest BCUT2D eigenvalue weighted by Gasteiger charge is 2.23. The average Bonchev–Trinajstić information content (AvgIpc) is 2.31. The maximum atomic E-state index is 12.0. The molecule has 0 saturated carbocycles. The summed E-state index contributed by atoms with van der Waals surface area (Å²) >= 11 is 0. The van der Waals surface area contributed by atoms with Crippen LogP contribution in [-0.4, -0.2) is 21.1 Å². The van der Waals surface area contributed by atoms with Crippen molar-refractivity contribution >= 4 is 5.78 Å². The highest BCUT2D eigenvalue weighted by atomic mass is 16.3. The third-order valence-corrected chi connectivity index (χ3v) is 3.12. The van der Waals surface area contributed by atoms with Crippen molar-refractivity contribution in [3.05, 3.63) is 16.7 Å². The van der Waals surface area contributed by atoms with Crippen molar-refractivity contribution in [3.8, 4) is 17.2 Å². The molecule has 0 spiro atoms. The summed E-state index contributed by atoms with van der Waals surface area (Å²) in [7, 11) is 0. The molecular weight excluding hydrogens is 232 g/mol. The van der Waals surface area contributed by atoms with E-state index in [4.69, 9.17) is 0 Å². The van der Waals surface area contributed by atoms with Crippen molar-refractivity contribution in [3.63, 3.8) is 0 Å². The van der Waals surface area contributed by atoms with Gasteiger partial charge in [-0.25, -0.2) is 0 Å². The van der Waals surface area contributed by atoms with Crippen molar-refractivity contribution in [1.29, 1.82) is 0 Å². The lowest BCUT2D eigenvalue weighted by Crippen LogP contribution is -2.04. The van der Waals surface area contributed by atoms with Crippen LogP contribution in [0.4, 0.5) is 0 Å². The van der Waals surface area contributed by atoms with Crippen molar-refractivity contribution < 1.29 is 20.1 Å². The summed E-state index contributed by atoms with van der Waals surface area (Å²) in [6, 6.07) is 0. The van der Waals surface area contributed by atoms with Gasteiger partial charge in [-0.1, -0.05) is 13.8 Å². The molecule has 0 unspecified atom stereocenters. The molecular formula is C14H20O4. The van der Waals surface area contributed by atoms with Gasteiger partial charge >= 0.3 is 0 Å². The molecule has 0 aliphatic carbocycles. The van der Waals surface area contributed by atoms with E-state index in [-0.39, 0.29) is 46.1 Å². The second-order valence-electron chi connectivity index (χ2n) is 5.03. The first-order valence-electron chi connectivity index (χ1n) is 6.04. The molecule has 0 saturated heterocycles. The number of hydrogen-bond donors (Lipinski definition) is 3. The predicted octanol–water partition coefficient (Wildman–Crippen LogP) is 3.04. The first-order valence-corrected chi connectivity index (χ1v) is 6.04. The highest BCUT2D eigenvalue weighted by Crippen LogP contribution is 2.41. The minimum atomic E-state index is -0.329. The Hall–Kier alpha value is -1.71. The van der Waals surface area contributed by atoms with E-state index in [9.17, 15) is 20.1 Å². The molecule has 0 radical (unpaired) electrons. The molecule has 0 aromatic heterocycles. The standard InChI is InChI=1S/C14H20O4/c1-7(2)5-6-10(15)11-13(17)8(3)12(16)9(4)14(11)18/h7,16-18H,5-6H2,1-4H3.